The predicted octanol–water partition coefficient (Wildman–Crippen LogP) is 3.22. The van der Waals surface area contributed by atoms with Crippen molar-refractivity contribution in [1.29, 1.82) is 0 Å². The van der Waals surface area contributed by atoms with E-state index in [4.69, 9.17) is 6.42 Å². The summed E-state index contributed by atoms with van der Waals surface area (Å²) in [6, 6.07) is 5.87. The van der Waals surface area contributed by atoms with Crippen LogP contribution in [0.3, 0.4) is 0 Å². The molecule has 0 aliphatic heterocycles. The summed E-state index contributed by atoms with van der Waals surface area (Å²) in [5, 5.41) is 20.3. The number of benzene rings is 1. The van der Waals surface area contributed by atoms with E-state index in [-0.39, 0.29) is 0 Å². The Morgan fingerprint density at radius 1 is 1.14 bits per heavy atom. The van der Waals surface area contributed by atoms with Crippen molar-refractivity contribution in [3.8, 4) is 18.1 Å². The minimum atomic E-state index is -0.856. The molecular weight excluding hydrogens is 260 g/mol. The van der Waals surface area contributed by atoms with E-state index in [1.54, 1.807) is 0 Å². The molecule has 1 aromatic carbocycles. The van der Waals surface area contributed by atoms with Gasteiger partial charge in [-0.05, 0) is 79.5 Å². The topological polar surface area (TPSA) is 40.5 Å². The molecule has 0 heterocycles. The number of aliphatic hydroxyl groups is 1. The number of hydrogen-bond acceptors (Lipinski definition) is 2. The van der Waals surface area contributed by atoms with Gasteiger partial charge in [0.15, 0.2) is 0 Å². The zero-order valence-corrected chi connectivity index (χ0v) is 12.3. The van der Waals surface area contributed by atoms with E-state index in [2.05, 4.69) is 12.0 Å². The molecule has 5 atom stereocenters. The van der Waals surface area contributed by atoms with E-state index >= 15 is 0 Å². The molecule has 3 aliphatic carbocycles. The van der Waals surface area contributed by atoms with Crippen molar-refractivity contribution < 1.29 is 10.2 Å². The first-order chi connectivity index (χ1) is 10.1. The fourth-order valence-electron chi connectivity index (χ4n) is 5.44. The predicted molar refractivity (Wildman–Crippen MR) is 81.9 cm³/mol. The fraction of sp³-hybridized carbons (Fsp3) is 0.579. The summed E-state index contributed by atoms with van der Waals surface area (Å²) in [5.74, 6) is 5.18. The van der Waals surface area contributed by atoms with Crippen molar-refractivity contribution in [2.24, 2.45) is 17.8 Å². The Labute approximate surface area is 126 Å². The van der Waals surface area contributed by atoms with Crippen molar-refractivity contribution in [2.45, 2.75) is 50.0 Å². The number of phenols is 1. The highest BCUT2D eigenvalue weighted by atomic mass is 16.3. The lowest BCUT2D eigenvalue weighted by atomic mass is 9.59. The minimum Gasteiger partial charge on any atom is -0.508 e. The summed E-state index contributed by atoms with van der Waals surface area (Å²) in [7, 11) is 0. The first-order valence-electron chi connectivity index (χ1n) is 8.14. The molecule has 4 rings (SSSR count). The highest BCUT2D eigenvalue weighted by Crippen LogP contribution is 2.57. The second-order valence-corrected chi connectivity index (χ2v) is 7.15. The van der Waals surface area contributed by atoms with Gasteiger partial charge in [0.25, 0.3) is 0 Å². The first kappa shape index (κ1) is 13.2. The van der Waals surface area contributed by atoms with Gasteiger partial charge in [-0.1, -0.05) is 12.0 Å². The van der Waals surface area contributed by atoms with Gasteiger partial charge in [-0.2, -0.15) is 0 Å². The lowest BCUT2D eigenvalue weighted by Gasteiger charge is -2.45. The number of phenolic OH excluding ortho intramolecular Hbond substituents is 1. The zero-order chi connectivity index (χ0) is 14.6. The monoisotopic (exact) mass is 282 g/mol. The van der Waals surface area contributed by atoms with Gasteiger partial charge in [-0.3, -0.25) is 0 Å². The maximum atomic E-state index is 10.6. The quantitative estimate of drug-likeness (QED) is 0.717. The summed E-state index contributed by atoms with van der Waals surface area (Å²) >= 11 is 0. The lowest BCUT2D eigenvalue weighted by molar-refractivity contribution is 0.00945. The van der Waals surface area contributed by atoms with E-state index in [0.29, 0.717) is 29.4 Å². The molecule has 21 heavy (non-hydrogen) atoms. The molecular formula is C19H22O2. The fourth-order valence-corrected chi connectivity index (χ4v) is 5.44. The van der Waals surface area contributed by atoms with Crippen molar-refractivity contribution in [3.63, 3.8) is 0 Å². The SMILES string of the molecule is C#C[C@]1(O)CC[C@@H]2C1CC[C@@H]1c3ccc(O)cc3CC[C@H]12. The first-order valence-corrected chi connectivity index (χ1v) is 8.14. The van der Waals surface area contributed by atoms with Gasteiger partial charge in [0.1, 0.15) is 11.4 Å². The van der Waals surface area contributed by atoms with Crippen LogP contribution in [0, 0.1) is 30.1 Å². The van der Waals surface area contributed by atoms with Crippen LogP contribution in [0.4, 0.5) is 0 Å². The van der Waals surface area contributed by atoms with Crippen LogP contribution in [0.1, 0.15) is 49.1 Å². The summed E-state index contributed by atoms with van der Waals surface area (Å²) in [6.45, 7) is 0. The zero-order valence-electron chi connectivity index (χ0n) is 12.3. The van der Waals surface area contributed by atoms with E-state index in [1.165, 1.54) is 17.5 Å². The highest BCUT2D eigenvalue weighted by molar-refractivity contribution is 5.40. The Bertz CT molecular complexity index is 614. The molecule has 3 aliphatic rings. The molecule has 2 nitrogen and oxygen atoms in total. The van der Waals surface area contributed by atoms with Crippen LogP contribution in [0.2, 0.25) is 0 Å². The van der Waals surface area contributed by atoms with Gasteiger partial charge in [-0.15, -0.1) is 6.42 Å². The Balaban J connectivity index is 1.68. The molecule has 2 saturated carbocycles. The van der Waals surface area contributed by atoms with Gasteiger partial charge in [0, 0.05) is 5.92 Å². The normalized spacial score (nSPS) is 40.8. The third-order valence-electron chi connectivity index (χ3n) is 6.37. The molecule has 0 radical (unpaired) electrons. The molecule has 1 aromatic rings. The maximum absolute atomic E-state index is 10.6. The highest BCUT2D eigenvalue weighted by Gasteiger charge is 2.53. The Hall–Kier alpha value is -1.46. The van der Waals surface area contributed by atoms with E-state index < -0.39 is 5.60 Å². The Morgan fingerprint density at radius 2 is 2.00 bits per heavy atom. The van der Waals surface area contributed by atoms with Crippen LogP contribution in [0.15, 0.2) is 18.2 Å². The Kier molecular flexibility index (Phi) is 2.84. The van der Waals surface area contributed by atoms with Crippen LogP contribution < -0.4 is 0 Å². The number of aryl methyl sites for hydroxylation is 1. The largest absolute Gasteiger partial charge is 0.508 e. The van der Waals surface area contributed by atoms with E-state index in [9.17, 15) is 10.2 Å². The third kappa shape index (κ3) is 1.84. The number of hydrogen-bond donors (Lipinski definition) is 2. The van der Waals surface area contributed by atoms with Gasteiger partial charge < -0.3 is 10.2 Å². The number of aromatic hydroxyl groups is 1. The van der Waals surface area contributed by atoms with E-state index in [1.807, 2.05) is 12.1 Å². The average molecular weight is 282 g/mol. The van der Waals surface area contributed by atoms with Crippen LogP contribution in [-0.2, 0) is 6.42 Å². The van der Waals surface area contributed by atoms with Gasteiger partial charge in [0.2, 0.25) is 0 Å². The smallest absolute Gasteiger partial charge is 0.128 e. The van der Waals surface area contributed by atoms with Gasteiger partial charge >= 0.3 is 0 Å². The molecule has 0 spiro atoms. The number of rotatable bonds is 0. The summed E-state index contributed by atoms with van der Waals surface area (Å²) < 4.78 is 0. The maximum Gasteiger partial charge on any atom is 0.128 e. The third-order valence-corrected chi connectivity index (χ3v) is 6.37. The molecule has 0 saturated heterocycles. The molecule has 1 unspecified atom stereocenters. The van der Waals surface area contributed by atoms with Crippen molar-refractivity contribution in [2.75, 3.05) is 0 Å². The molecule has 0 amide bonds. The molecule has 0 bridgehead atoms. The van der Waals surface area contributed by atoms with E-state index in [0.717, 1.165) is 32.1 Å². The minimum absolute atomic E-state index is 0.294. The molecule has 2 N–H and O–H groups in total. The van der Waals surface area contributed by atoms with Crippen LogP contribution in [0.5, 0.6) is 5.75 Å². The van der Waals surface area contributed by atoms with Crippen molar-refractivity contribution >= 4 is 0 Å². The van der Waals surface area contributed by atoms with Gasteiger partial charge in [0.05, 0.1) is 0 Å². The molecule has 110 valence electrons. The van der Waals surface area contributed by atoms with Gasteiger partial charge in [-0.25, -0.2) is 0 Å². The molecule has 0 aromatic heterocycles. The Morgan fingerprint density at radius 3 is 2.81 bits per heavy atom. The standard InChI is InChI=1S/C19H22O2/c1-2-19(21)10-9-17-16-5-3-12-11-13(20)4-6-14(12)15(16)7-8-18(17)19/h1,4,6,11,15-18,20-21H,3,5,7-10H2/t15-,16-,17+,18?,19+/m1/s1. The molecule has 2 fully saturated rings. The molecule has 2 heteroatoms. The second kappa shape index (κ2) is 4.52. The van der Waals surface area contributed by atoms with Crippen molar-refractivity contribution in [3.05, 3.63) is 29.3 Å². The van der Waals surface area contributed by atoms with Crippen LogP contribution in [0.25, 0.3) is 0 Å². The number of terminal acetylenes is 1. The summed E-state index contributed by atoms with van der Waals surface area (Å²) in [4.78, 5) is 0. The lowest BCUT2D eigenvalue weighted by Crippen LogP contribution is -2.41. The summed E-state index contributed by atoms with van der Waals surface area (Å²) in [5.41, 5.74) is 1.89. The summed E-state index contributed by atoms with van der Waals surface area (Å²) in [6.07, 6.45) is 11.8. The number of fused-ring (bicyclic) bond motifs is 5. The average Bonchev–Trinajstić information content (AvgIpc) is 2.85. The van der Waals surface area contributed by atoms with Crippen LogP contribution in [-0.4, -0.2) is 15.8 Å². The van der Waals surface area contributed by atoms with Crippen molar-refractivity contribution in [1.82, 2.24) is 0 Å². The van der Waals surface area contributed by atoms with Crippen LogP contribution >= 0.6 is 0 Å². The second-order valence-electron chi connectivity index (χ2n) is 7.15.